The summed E-state index contributed by atoms with van der Waals surface area (Å²) >= 11 is 0. The Morgan fingerprint density at radius 3 is 2.38 bits per heavy atom. The molecule has 0 N–H and O–H groups in total. The summed E-state index contributed by atoms with van der Waals surface area (Å²) in [6.07, 6.45) is 12.3. The van der Waals surface area contributed by atoms with Crippen LogP contribution in [0.4, 0.5) is 13.2 Å². The van der Waals surface area contributed by atoms with Crippen LogP contribution in [0.5, 0.6) is 5.75 Å². The fourth-order valence-electron chi connectivity index (χ4n) is 4.72. The molecule has 174 valence electrons. The third-order valence-electron chi connectivity index (χ3n) is 6.65. The predicted molar refractivity (Wildman–Crippen MR) is 126 cm³/mol. The van der Waals surface area contributed by atoms with Crippen molar-refractivity contribution in [2.75, 3.05) is 6.61 Å². The molecule has 0 radical (unpaired) electrons. The maximum absolute atomic E-state index is 14.9. The normalized spacial score (nSPS) is 18.5. The first kappa shape index (κ1) is 24.4. The number of unbranched alkanes of at least 4 members (excludes halogenated alkanes) is 4. The van der Waals surface area contributed by atoms with Crippen molar-refractivity contribution < 1.29 is 17.9 Å². The number of hydrogen-bond donors (Lipinski definition) is 0. The monoisotopic (exact) mass is 444 g/mol. The molecule has 1 nitrogen and oxygen atoms in total. The second-order valence-electron chi connectivity index (χ2n) is 8.98. The first-order valence-electron chi connectivity index (χ1n) is 12.1. The third kappa shape index (κ3) is 6.17. The van der Waals surface area contributed by atoms with Crippen LogP contribution in [-0.2, 0) is 0 Å². The Bertz CT molecular complexity index is 884. The maximum Gasteiger partial charge on any atom is 0.201 e. The minimum Gasteiger partial charge on any atom is -0.490 e. The molecule has 3 rings (SSSR count). The second-order valence-corrected chi connectivity index (χ2v) is 8.98. The van der Waals surface area contributed by atoms with Gasteiger partial charge >= 0.3 is 0 Å². The van der Waals surface area contributed by atoms with E-state index in [0.29, 0.717) is 23.7 Å². The third-order valence-corrected chi connectivity index (χ3v) is 6.65. The van der Waals surface area contributed by atoms with Gasteiger partial charge in [0.05, 0.1) is 6.61 Å². The van der Waals surface area contributed by atoms with Crippen molar-refractivity contribution in [1.29, 1.82) is 0 Å². The van der Waals surface area contributed by atoms with Crippen LogP contribution in [0.15, 0.2) is 43.0 Å². The zero-order valence-corrected chi connectivity index (χ0v) is 19.1. The van der Waals surface area contributed by atoms with Crippen molar-refractivity contribution in [2.24, 2.45) is 5.92 Å². The van der Waals surface area contributed by atoms with E-state index in [1.54, 1.807) is 12.1 Å². The minimum atomic E-state index is -1.01. The van der Waals surface area contributed by atoms with E-state index in [2.05, 4.69) is 13.5 Å². The number of hydrogen-bond acceptors (Lipinski definition) is 1. The molecule has 0 unspecified atom stereocenters. The van der Waals surface area contributed by atoms with Gasteiger partial charge in [-0.1, -0.05) is 50.8 Å². The van der Waals surface area contributed by atoms with Gasteiger partial charge in [-0.25, -0.2) is 8.78 Å². The Hall–Kier alpha value is -2.23. The van der Waals surface area contributed by atoms with Crippen LogP contribution < -0.4 is 4.74 Å². The molecule has 0 atom stereocenters. The average Bonchev–Trinajstić information content (AvgIpc) is 2.80. The van der Waals surface area contributed by atoms with Crippen molar-refractivity contribution >= 4 is 0 Å². The van der Waals surface area contributed by atoms with E-state index in [0.717, 1.165) is 57.8 Å². The van der Waals surface area contributed by atoms with Crippen molar-refractivity contribution in [3.63, 3.8) is 0 Å². The van der Waals surface area contributed by atoms with Crippen LogP contribution in [0.3, 0.4) is 0 Å². The summed E-state index contributed by atoms with van der Waals surface area (Å²) in [5, 5.41) is 0. The van der Waals surface area contributed by atoms with Crippen molar-refractivity contribution in [2.45, 2.75) is 77.0 Å². The van der Waals surface area contributed by atoms with Crippen molar-refractivity contribution in [3.05, 3.63) is 66.0 Å². The van der Waals surface area contributed by atoms with Gasteiger partial charge in [0.2, 0.25) is 5.82 Å². The maximum atomic E-state index is 14.9. The number of rotatable bonds is 11. The number of benzene rings is 2. The SMILES string of the molecule is C=CCC1CCC(c2ccc(-c3ccc(OCCCCCCC)c(F)c3F)cc2F)CC1. The zero-order chi connectivity index (χ0) is 22.9. The van der Waals surface area contributed by atoms with Gasteiger partial charge in [-0.2, -0.15) is 4.39 Å². The quantitative estimate of drug-likeness (QED) is 0.248. The first-order chi connectivity index (χ1) is 15.5. The highest BCUT2D eigenvalue weighted by Crippen LogP contribution is 2.39. The van der Waals surface area contributed by atoms with Crippen molar-refractivity contribution in [3.8, 4) is 16.9 Å². The molecule has 1 fully saturated rings. The fourth-order valence-corrected chi connectivity index (χ4v) is 4.72. The molecule has 1 saturated carbocycles. The molecule has 32 heavy (non-hydrogen) atoms. The molecular formula is C28H35F3O. The smallest absolute Gasteiger partial charge is 0.201 e. The minimum absolute atomic E-state index is 0.0536. The topological polar surface area (TPSA) is 9.23 Å². The lowest BCUT2D eigenvalue weighted by Gasteiger charge is -2.28. The fraction of sp³-hybridized carbons (Fsp3) is 0.500. The van der Waals surface area contributed by atoms with Crippen LogP contribution in [0, 0.1) is 23.4 Å². The number of halogens is 3. The van der Waals surface area contributed by atoms with E-state index in [1.807, 2.05) is 6.08 Å². The molecule has 0 saturated heterocycles. The molecule has 2 aromatic rings. The first-order valence-corrected chi connectivity index (χ1v) is 12.1. The summed E-state index contributed by atoms with van der Waals surface area (Å²) in [6, 6.07) is 7.67. The van der Waals surface area contributed by atoms with E-state index in [9.17, 15) is 13.2 Å². The summed E-state index contributed by atoms with van der Waals surface area (Å²) in [5.41, 5.74) is 1.07. The Morgan fingerprint density at radius 1 is 0.938 bits per heavy atom. The van der Waals surface area contributed by atoms with Crippen LogP contribution in [0.25, 0.3) is 11.1 Å². The van der Waals surface area contributed by atoms with Gasteiger partial charge in [0.25, 0.3) is 0 Å². The van der Waals surface area contributed by atoms with E-state index < -0.39 is 11.6 Å². The van der Waals surface area contributed by atoms with Gasteiger partial charge < -0.3 is 4.74 Å². The predicted octanol–water partition coefficient (Wildman–Crippen LogP) is 8.97. The molecular weight excluding hydrogens is 409 g/mol. The molecule has 4 heteroatoms. The standard InChI is InChI=1S/C28H35F3O/c1-3-5-6-7-8-18-32-26-17-16-24(27(30)28(26)31)22-14-15-23(25(29)19-22)21-12-10-20(9-4-2)11-13-21/h4,14-17,19-21H,2-3,5-13,18H2,1H3. The second kappa shape index (κ2) is 12.1. The Morgan fingerprint density at radius 2 is 1.69 bits per heavy atom. The Balaban J connectivity index is 1.65. The van der Waals surface area contributed by atoms with Gasteiger partial charge in [0.1, 0.15) is 5.82 Å². The lowest BCUT2D eigenvalue weighted by atomic mass is 9.77. The van der Waals surface area contributed by atoms with Crippen molar-refractivity contribution in [1.82, 2.24) is 0 Å². The average molecular weight is 445 g/mol. The molecule has 0 heterocycles. The van der Waals surface area contributed by atoms with Gasteiger partial charge in [0.15, 0.2) is 11.6 Å². The highest BCUT2D eigenvalue weighted by Gasteiger charge is 2.24. The molecule has 1 aliphatic rings. The molecule has 0 bridgehead atoms. The van der Waals surface area contributed by atoms with Gasteiger partial charge in [-0.05, 0) is 79.7 Å². The summed E-state index contributed by atoms with van der Waals surface area (Å²) in [5.74, 6) is -1.62. The van der Waals surface area contributed by atoms with E-state index >= 15 is 0 Å². The summed E-state index contributed by atoms with van der Waals surface area (Å²) in [7, 11) is 0. The Kier molecular flexibility index (Phi) is 9.25. The summed E-state index contributed by atoms with van der Waals surface area (Å²) in [4.78, 5) is 0. The molecule has 0 spiro atoms. The highest BCUT2D eigenvalue weighted by atomic mass is 19.2. The molecule has 2 aromatic carbocycles. The van der Waals surface area contributed by atoms with Crippen LogP contribution in [0.2, 0.25) is 0 Å². The van der Waals surface area contributed by atoms with Gasteiger partial charge in [-0.15, -0.1) is 6.58 Å². The lowest BCUT2D eigenvalue weighted by molar-refractivity contribution is 0.285. The van der Waals surface area contributed by atoms with Crippen LogP contribution in [-0.4, -0.2) is 6.61 Å². The van der Waals surface area contributed by atoms with Crippen LogP contribution >= 0.6 is 0 Å². The molecule has 0 aliphatic heterocycles. The lowest BCUT2D eigenvalue weighted by Crippen LogP contribution is -2.14. The zero-order valence-electron chi connectivity index (χ0n) is 19.1. The summed E-state index contributed by atoms with van der Waals surface area (Å²) in [6.45, 7) is 6.31. The number of allylic oxidation sites excluding steroid dienone is 1. The molecule has 1 aliphatic carbocycles. The highest BCUT2D eigenvalue weighted by molar-refractivity contribution is 5.66. The summed E-state index contributed by atoms with van der Waals surface area (Å²) < 4.78 is 49.6. The van der Waals surface area contributed by atoms with Crippen LogP contribution in [0.1, 0.15) is 82.6 Å². The largest absolute Gasteiger partial charge is 0.490 e. The molecule has 0 amide bonds. The van der Waals surface area contributed by atoms with E-state index in [-0.39, 0.29) is 23.0 Å². The van der Waals surface area contributed by atoms with E-state index in [4.69, 9.17) is 4.74 Å². The van der Waals surface area contributed by atoms with Gasteiger partial charge in [-0.3, -0.25) is 0 Å². The Labute approximate surface area is 190 Å². The van der Waals surface area contributed by atoms with Gasteiger partial charge in [0, 0.05) is 5.56 Å². The van der Waals surface area contributed by atoms with E-state index in [1.165, 1.54) is 24.6 Å². The number of ether oxygens (including phenoxy) is 1. The molecule has 0 aromatic heterocycles.